The van der Waals surface area contributed by atoms with Crippen LogP contribution in [-0.4, -0.2) is 17.1 Å². The number of aromatic nitrogens is 1. The van der Waals surface area contributed by atoms with Gasteiger partial charge in [-0.15, -0.1) is 0 Å². The molecule has 0 fully saturated rings. The number of rotatable bonds is 5. The first kappa shape index (κ1) is 18.4. The minimum Gasteiger partial charge on any atom is -0.494 e. The van der Waals surface area contributed by atoms with Crippen LogP contribution in [0, 0.1) is 13.8 Å². The van der Waals surface area contributed by atoms with E-state index in [-0.39, 0.29) is 5.91 Å². The fourth-order valence-electron chi connectivity index (χ4n) is 2.99. The number of nitrogens with zero attached hydrogens (tertiary/aromatic N) is 2. The summed E-state index contributed by atoms with van der Waals surface area (Å²) in [6, 6.07) is 11.5. The molecule has 0 radical (unpaired) electrons. The van der Waals surface area contributed by atoms with Crippen LogP contribution in [0.25, 0.3) is 10.2 Å². The number of amides is 1. The maximum absolute atomic E-state index is 12.6. The van der Waals surface area contributed by atoms with E-state index >= 15 is 0 Å². The van der Waals surface area contributed by atoms with Crippen LogP contribution in [0.5, 0.6) is 5.75 Å². The lowest BCUT2D eigenvalue weighted by Crippen LogP contribution is -2.13. The smallest absolute Gasteiger partial charge is 0.279 e. The van der Waals surface area contributed by atoms with Crippen molar-refractivity contribution < 1.29 is 9.53 Å². The quantitative estimate of drug-likeness (QED) is 0.609. The molecule has 0 aliphatic heterocycles. The Bertz CT molecular complexity index is 1010. The van der Waals surface area contributed by atoms with Gasteiger partial charge < -0.3 is 9.30 Å². The van der Waals surface area contributed by atoms with Crippen molar-refractivity contribution in [3.8, 4) is 5.75 Å². The van der Waals surface area contributed by atoms with Crippen LogP contribution >= 0.6 is 11.3 Å². The second-order valence-electron chi connectivity index (χ2n) is 6.52. The van der Waals surface area contributed by atoms with Gasteiger partial charge in [-0.2, -0.15) is 4.99 Å². The van der Waals surface area contributed by atoms with Gasteiger partial charge in [0.2, 0.25) is 0 Å². The molecule has 0 spiro atoms. The molecular formula is C21H24N2O2S. The molecule has 0 N–H and O–H groups in total. The van der Waals surface area contributed by atoms with Crippen LogP contribution in [0.2, 0.25) is 0 Å². The number of hydrogen-bond acceptors (Lipinski definition) is 3. The molecule has 3 rings (SSSR count). The van der Waals surface area contributed by atoms with Gasteiger partial charge in [-0.3, -0.25) is 4.79 Å². The molecule has 0 unspecified atom stereocenters. The Labute approximate surface area is 157 Å². The number of unbranched alkanes of at least 4 members (excludes halogenated alkanes) is 1. The zero-order valence-corrected chi connectivity index (χ0v) is 16.5. The molecule has 0 saturated heterocycles. The van der Waals surface area contributed by atoms with Crippen LogP contribution in [0.1, 0.15) is 41.3 Å². The normalized spacial score (nSPS) is 11.9. The van der Waals surface area contributed by atoms with Gasteiger partial charge in [0.15, 0.2) is 4.80 Å². The summed E-state index contributed by atoms with van der Waals surface area (Å²) in [5.41, 5.74) is 4.08. The maximum atomic E-state index is 12.6. The van der Waals surface area contributed by atoms with E-state index in [9.17, 15) is 4.79 Å². The Morgan fingerprint density at radius 2 is 2.04 bits per heavy atom. The zero-order chi connectivity index (χ0) is 18.7. The van der Waals surface area contributed by atoms with Gasteiger partial charge in [0.1, 0.15) is 5.75 Å². The molecule has 0 bridgehead atoms. The Morgan fingerprint density at radius 3 is 2.81 bits per heavy atom. The highest BCUT2D eigenvalue weighted by atomic mass is 32.1. The highest BCUT2D eigenvalue weighted by molar-refractivity contribution is 7.16. The molecule has 1 aromatic heterocycles. The molecule has 1 amide bonds. The summed E-state index contributed by atoms with van der Waals surface area (Å²) in [6.07, 6.45) is 2.08. The van der Waals surface area contributed by atoms with E-state index in [1.165, 1.54) is 11.1 Å². The Balaban J connectivity index is 1.94. The molecule has 3 aromatic rings. The number of hydrogen-bond donors (Lipinski definition) is 0. The summed E-state index contributed by atoms with van der Waals surface area (Å²) in [5, 5.41) is 0. The first-order chi connectivity index (χ1) is 12.5. The van der Waals surface area contributed by atoms with E-state index in [1.807, 2.05) is 23.7 Å². The van der Waals surface area contributed by atoms with Crippen LogP contribution in [0.4, 0.5) is 0 Å². The second-order valence-corrected chi connectivity index (χ2v) is 7.53. The molecule has 2 aromatic carbocycles. The summed E-state index contributed by atoms with van der Waals surface area (Å²) in [5.74, 6) is 0.467. The summed E-state index contributed by atoms with van der Waals surface area (Å²) in [4.78, 5) is 17.7. The Kier molecular flexibility index (Phi) is 5.57. The van der Waals surface area contributed by atoms with Crippen molar-refractivity contribution in [3.05, 3.63) is 57.9 Å². The maximum Gasteiger partial charge on any atom is 0.279 e. The fraction of sp³-hybridized carbons (Fsp3) is 0.333. The number of carbonyl (C=O) groups excluding carboxylic acids is 1. The molecule has 1 heterocycles. The lowest BCUT2D eigenvalue weighted by Gasteiger charge is -2.05. The number of fused-ring (bicyclic) bond motifs is 1. The van der Waals surface area contributed by atoms with Crippen LogP contribution < -0.4 is 9.54 Å². The average molecular weight is 369 g/mol. The first-order valence-corrected chi connectivity index (χ1v) is 9.70. The van der Waals surface area contributed by atoms with Crippen molar-refractivity contribution >= 4 is 27.5 Å². The average Bonchev–Trinajstić information content (AvgIpc) is 2.91. The largest absolute Gasteiger partial charge is 0.494 e. The zero-order valence-electron chi connectivity index (χ0n) is 15.7. The third kappa shape index (κ3) is 3.88. The number of benzene rings is 2. The molecule has 136 valence electrons. The monoisotopic (exact) mass is 368 g/mol. The van der Waals surface area contributed by atoms with Crippen LogP contribution in [0.3, 0.4) is 0 Å². The van der Waals surface area contributed by atoms with Gasteiger partial charge in [0.25, 0.3) is 5.91 Å². The van der Waals surface area contributed by atoms with Gasteiger partial charge in [0.05, 0.1) is 16.8 Å². The summed E-state index contributed by atoms with van der Waals surface area (Å²) in [7, 11) is 1.96. The van der Waals surface area contributed by atoms with Crippen LogP contribution in [-0.2, 0) is 7.05 Å². The second kappa shape index (κ2) is 7.87. The Hall–Kier alpha value is -2.40. The molecule has 0 aliphatic carbocycles. The van der Waals surface area contributed by atoms with E-state index in [0.29, 0.717) is 22.7 Å². The predicted molar refractivity (Wildman–Crippen MR) is 107 cm³/mol. The third-order valence-corrected chi connectivity index (χ3v) is 5.36. The number of thiazole rings is 1. The Morgan fingerprint density at radius 1 is 1.23 bits per heavy atom. The van der Waals surface area contributed by atoms with E-state index < -0.39 is 0 Å². The minimum absolute atomic E-state index is 0.248. The molecular weight excluding hydrogens is 344 g/mol. The highest BCUT2D eigenvalue weighted by Gasteiger charge is 2.10. The van der Waals surface area contributed by atoms with Crippen molar-refractivity contribution in [1.82, 2.24) is 4.57 Å². The van der Waals surface area contributed by atoms with Crippen molar-refractivity contribution in [2.75, 3.05) is 6.61 Å². The van der Waals surface area contributed by atoms with E-state index in [1.54, 1.807) is 23.5 Å². The minimum atomic E-state index is -0.248. The van der Waals surface area contributed by atoms with E-state index in [4.69, 9.17) is 4.74 Å². The van der Waals surface area contributed by atoms with Gasteiger partial charge in [-0.1, -0.05) is 36.8 Å². The SMILES string of the molecule is CCCCOc1cccc(C(=O)N=c2sc3cc(C)cc(C)c3n2C)c1. The molecule has 5 heteroatoms. The van der Waals surface area contributed by atoms with Crippen molar-refractivity contribution in [2.45, 2.75) is 33.6 Å². The van der Waals surface area contributed by atoms with Crippen molar-refractivity contribution in [3.63, 3.8) is 0 Å². The van der Waals surface area contributed by atoms with Gasteiger partial charge in [-0.05, 0) is 55.7 Å². The predicted octanol–water partition coefficient (Wildman–Crippen LogP) is 4.78. The first-order valence-electron chi connectivity index (χ1n) is 8.88. The standard InChI is InChI=1S/C21H24N2O2S/c1-5-6-10-25-17-9-7-8-16(13-17)20(24)22-21-23(4)19-15(3)11-14(2)12-18(19)26-21/h7-9,11-13H,5-6,10H2,1-4H3. The molecule has 4 nitrogen and oxygen atoms in total. The third-order valence-electron chi connectivity index (χ3n) is 4.28. The molecule has 0 atom stereocenters. The van der Waals surface area contributed by atoms with E-state index in [0.717, 1.165) is 23.1 Å². The van der Waals surface area contributed by atoms with Gasteiger partial charge in [-0.25, -0.2) is 0 Å². The lowest BCUT2D eigenvalue weighted by atomic mass is 10.1. The topological polar surface area (TPSA) is 43.6 Å². The summed E-state index contributed by atoms with van der Waals surface area (Å²) >= 11 is 1.54. The molecule has 26 heavy (non-hydrogen) atoms. The van der Waals surface area contributed by atoms with Gasteiger partial charge in [0, 0.05) is 12.6 Å². The molecule has 0 aliphatic rings. The number of carbonyl (C=O) groups is 1. The number of aryl methyl sites for hydroxylation is 3. The summed E-state index contributed by atoms with van der Waals surface area (Å²) < 4.78 is 8.83. The molecule has 0 saturated carbocycles. The summed E-state index contributed by atoms with van der Waals surface area (Å²) in [6.45, 7) is 6.95. The van der Waals surface area contributed by atoms with Gasteiger partial charge >= 0.3 is 0 Å². The highest BCUT2D eigenvalue weighted by Crippen LogP contribution is 2.22. The number of ether oxygens (including phenoxy) is 1. The van der Waals surface area contributed by atoms with Crippen LogP contribution in [0.15, 0.2) is 41.4 Å². The van der Waals surface area contributed by atoms with Crippen molar-refractivity contribution in [1.29, 1.82) is 0 Å². The fourth-order valence-corrected chi connectivity index (χ4v) is 4.19. The van der Waals surface area contributed by atoms with E-state index in [2.05, 4.69) is 37.9 Å². The lowest BCUT2D eigenvalue weighted by molar-refractivity contribution is 0.0997. The van der Waals surface area contributed by atoms with Crippen molar-refractivity contribution in [2.24, 2.45) is 12.0 Å².